The normalized spacial score (nSPS) is 10.6. The molecule has 1 N–H and O–H groups in total. The fourth-order valence-electron chi connectivity index (χ4n) is 2.41. The van der Waals surface area contributed by atoms with Gasteiger partial charge in [0.25, 0.3) is 5.91 Å². The Morgan fingerprint density at radius 1 is 1.14 bits per heavy atom. The summed E-state index contributed by atoms with van der Waals surface area (Å²) in [5.41, 5.74) is 0.550. The molecule has 0 spiro atoms. The first-order valence-corrected chi connectivity index (χ1v) is 10.0. The molecule has 0 atom stereocenters. The van der Waals surface area contributed by atoms with Gasteiger partial charge >= 0.3 is 0 Å². The molecule has 0 unspecified atom stereocenters. The fourth-order valence-corrected chi connectivity index (χ4v) is 3.27. The van der Waals surface area contributed by atoms with Gasteiger partial charge in [0, 0.05) is 18.0 Å². The summed E-state index contributed by atoms with van der Waals surface area (Å²) in [6, 6.07) is 13.1. The third-order valence-corrected chi connectivity index (χ3v) is 4.86. The van der Waals surface area contributed by atoms with E-state index in [-0.39, 0.29) is 29.4 Å². The molecule has 7 heteroatoms. The average molecular weight is 405 g/mol. The van der Waals surface area contributed by atoms with Crippen molar-refractivity contribution in [2.45, 2.75) is 24.8 Å². The molecule has 0 radical (unpaired) electrons. The van der Waals surface area contributed by atoms with Gasteiger partial charge in [-0.3, -0.25) is 9.59 Å². The minimum atomic E-state index is -0.323. The Bertz CT molecular complexity index is 796. The van der Waals surface area contributed by atoms with Crippen LogP contribution in [0.4, 0.5) is 4.39 Å². The van der Waals surface area contributed by atoms with Gasteiger partial charge in [0.15, 0.2) is 0 Å². The van der Waals surface area contributed by atoms with Gasteiger partial charge in [-0.1, -0.05) is 12.1 Å². The van der Waals surface area contributed by atoms with E-state index in [0.29, 0.717) is 24.5 Å². The van der Waals surface area contributed by atoms with Crippen LogP contribution < -0.4 is 10.1 Å². The van der Waals surface area contributed by atoms with E-state index in [1.54, 1.807) is 36.2 Å². The first-order valence-electron chi connectivity index (χ1n) is 9.02. The fraction of sp³-hybridized carbons (Fsp3) is 0.333. The van der Waals surface area contributed by atoms with Crippen LogP contribution in [0.1, 0.15) is 24.2 Å². The lowest BCUT2D eigenvalue weighted by Gasteiger charge is -2.19. The SMILES string of the molecule is CC(C)NC(=O)CSc1ccccc1C(=O)N(C)CCOc1ccc(F)cc1. The molecule has 0 saturated heterocycles. The molecule has 28 heavy (non-hydrogen) atoms. The van der Waals surface area contributed by atoms with E-state index in [0.717, 1.165) is 4.90 Å². The van der Waals surface area contributed by atoms with Crippen molar-refractivity contribution in [2.24, 2.45) is 0 Å². The predicted octanol–water partition coefficient (Wildman–Crippen LogP) is 3.59. The number of rotatable bonds is 9. The van der Waals surface area contributed by atoms with Crippen LogP contribution in [0.25, 0.3) is 0 Å². The molecule has 5 nitrogen and oxygen atoms in total. The Morgan fingerprint density at radius 3 is 2.50 bits per heavy atom. The minimum Gasteiger partial charge on any atom is -0.492 e. The number of nitrogens with zero attached hydrogens (tertiary/aromatic N) is 1. The Kier molecular flexibility index (Phi) is 8.32. The topological polar surface area (TPSA) is 58.6 Å². The first kappa shape index (κ1) is 21.8. The molecule has 2 aromatic rings. The maximum atomic E-state index is 12.9. The lowest BCUT2D eigenvalue weighted by atomic mass is 10.2. The number of amides is 2. The van der Waals surface area contributed by atoms with Crippen LogP contribution in [0, 0.1) is 5.82 Å². The van der Waals surface area contributed by atoms with E-state index >= 15 is 0 Å². The molecule has 0 aliphatic heterocycles. The van der Waals surface area contributed by atoms with Gasteiger partial charge in [-0.15, -0.1) is 11.8 Å². The lowest BCUT2D eigenvalue weighted by molar-refractivity contribution is -0.119. The van der Waals surface area contributed by atoms with Crippen LogP contribution in [0.2, 0.25) is 0 Å². The number of carbonyl (C=O) groups is 2. The highest BCUT2D eigenvalue weighted by atomic mass is 32.2. The summed E-state index contributed by atoms with van der Waals surface area (Å²) < 4.78 is 18.5. The van der Waals surface area contributed by atoms with Crippen molar-refractivity contribution in [3.8, 4) is 5.75 Å². The number of benzene rings is 2. The molecular weight excluding hydrogens is 379 g/mol. The van der Waals surface area contributed by atoms with Crippen molar-refractivity contribution in [2.75, 3.05) is 26.0 Å². The standard InChI is InChI=1S/C21H25FN2O3S/c1-15(2)23-20(25)14-28-19-7-5-4-6-18(19)21(26)24(3)12-13-27-17-10-8-16(22)9-11-17/h4-11,15H,12-14H2,1-3H3,(H,23,25). The van der Waals surface area contributed by atoms with Crippen molar-refractivity contribution in [3.05, 3.63) is 59.9 Å². The molecule has 2 amide bonds. The second-order valence-electron chi connectivity index (χ2n) is 6.54. The van der Waals surface area contributed by atoms with Crippen LogP contribution in [-0.4, -0.2) is 48.7 Å². The summed E-state index contributed by atoms with van der Waals surface area (Å²) >= 11 is 1.34. The summed E-state index contributed by atoms with van der Waals surface area (Å²) in [5, 5.41) is 2.84. The Labute approximate surface area is 169 Å². The smallest absolute Gasteiger partial charge is 0.254 e. The van der Waals surface area contributed by atoms with Gasteiger partial charge in [0.1, 0.15) is 18.2 Å². The van der Waals surface area contributed by atoms with Gasteiger partial charge in [0.2, 0.25) is 5.91 Å². The summed E-state index contributed by atoms with van der Waals surface area (Å²) in [4.78, 5) is 27.0. The monoisotopic (exact) mass is 404 g/mol. The van der Waals surface area contributed by atoms with Gasteiger partial charge in [0.05, 0.1) is 17.9 Å². The zero-order chi connectivity index (χ0) is 20.5. The third-order valence-electron chi connectivity index (χ3n) is 3.78. The molecular formula is C21H25FN2O3S. The summed E-state index contributed by atoms with van der Waals surface area (Å²) in [6.45, 7) is 4.48. The maximum absolute atomic E-state index is 12.9. The van der Waals surface area contributed by atoms with E-state index in [9.17, 15) is 14.0 Å². The van der Waals surface area contributed by atoms with Crippen molar-refractivity contribution < 1.29 is 18.7 Å². The van der Waals surface area contributed by atoms with Crippen LogP contribution in [0.15, 0.2) is 53.4 Å². The second kappa shape index (κ2) is 10.7. The third kappa shape index (κ3) is 6.88. The number of carbonyl (C=O) groups excluding carboxylic acids is 2. The van der Waals surface area contributed by atoms with Crippen LogP contribution in [-0.2, 0) is 4.79 Å². The van der Waals surface area contributed by atoms with E-state index in [4.69, 9.17) is 4.74 Å². The van der Waals surface area contributed by atoms with Crippen molar-refractivity contribution in [1.29, 1.82) is 0 Å². The van der Waals surface area contributed by atoms with Crippen molar-refractivity contribution >= 4 is 23.6 Å². The van der Waals surface area contributed by atoms with E-state index in [1.165, 1.54) is 23.9 Å². The van der Waals surface area contributed by atoms with E-state index < -0.39 is 0 Å². The summed E-state index contributed by atoms with van der Waals surface area (Å²) in [6.07, 6.45) is 0. The number of nitrogens with one attached hydrogen (secondary N) is 1. The number of hydrogen-bond acceptors (Lipinski definition) is 4. The predicted molar refractivity (Wildman–Crippen MR) is 109 cm³/mol. The quantitative estimate of drug-likeness (QED) is 0.649. The molecule has 0 aromatic heterocycles. The zero-order valence-electron chi connectivity index (χ0n) is 16.3. The number of halogens is 1. The van der Waals surface area contributed by atoms with Gasteiger partial charge in [-0.2, -0.15) is 0 Å². The molecule has 0 aliphatic carbocycles. The van der Waals surface area contributed by atoms with Crippen molar-refractivity contribution in [3.63, 3.8) is 0 Å². The first-order chi connectivity index (χ1) is 13.4. The number of ether oxygens (including phenoxy) is 1. The molecule has 0 bridgehead atoms. The van der Waals surface area contributed by atoms with Crippen LogP contribution in [0.5, 0.6) is 5.75 Å². The Hall–Kier alpha value is -2.54. The van der Waals surface area contributed by atoms with Crippen LogP contribution >= 0.6 is 11.8 Å². The maximum Gasteiger partial charge on any atom is 0.254 e. The number of hydrogen-bond donors (Lipinski definition) is 1. The summed E-state index contributed by atoms with van der Waals surface area (Å²) in [7, 11) is 1.70. The zero-order valence-corrected chi connectivity index (χ0v) is 17.1. The van der Waals surface area contributed by atoms with Gasteiger partial charge < -0.3 is 15.0 Å². The molecule has 0 fully saturated rings. The average Bonchev–Trinajstić information content (AvgIpc) is 2.67. The lowest BCUT2D eigenvalue weighted by Crippen LogP contribution is -2.32. The minimum absolute atomic E-state index is 0.0664. The second-order valence-corrected chi connectivity index (χ2v) is 7.55. The molecule has 0 heterocycles. The number of likely N-dealkylation sites (N-methyl/N-ethyl adjacent to an activating group) is 1. The largest absolute Gasteiger partial charge is 0.492 e. The molecule has 0 saturated carbocycles. The highest BCUT2D eigenvalue weighted by Gasteiger charge is 2.16. The molecule has 2 aromatic carbocycles. The van der Waals surface area contributed by atoms with E-state index in [2.05, 4.69) is 5.32 Å². The van der Waals surface area contributed by atoms with Crippen LogP contribution in [0.3, 0.4) is 0 Å². The number of thioether (sulfide) groups is 1. The Balaban J connectivity index is 1.91. The summed E-state index contributed by atoms with van der Waals surface area (Å²) in [5.74, 6) is 0.267. The molecule has 2 rings (SSSR count). The molecule has 150 valence electrons. The Morgan fingerprint density at radius 2 is 1.82 bits per heavy atom. The van der Waals surface area contributed by atoms with Gasteiger partial charge in [-0.05, 0) is 50.2 Å². The highest BCUT2D eigenvalue weighted by Crippen LogP contribution is 2.23. The van der Waals surface area contributed by atoms with Crippen molar-refractivity contribution in [1.82, 2.24) is 10.2 Å². The van der Waals surface area contributed by atoms with Gasteiger partial charge in [-0.25, -0.2) is 4.39 Å². The highest BCUT2D eigenvalue weighted by molar-refractivity contribution is 8.00. The molecule has 0 aliphatic rings. The van der Waals surface area contributed by atoms with E-state index in [1.807, 2.05) is 26.0 Å².